The van der Waals surface area contributed by atoms with Gasteiger partial charge in [-0.1, -0.05) is 0 Å². The Balaban J connectivity index is 2.42. The van der Waals surface area contributed by atoms with E-state index < -0.39 is 21.9 Å². The van der Waals surface area contributed by atoms with Crippen molar-refractivity contribution >= 4 is 0 Å². The largest absolute Gasteiger partial charge is 0.286 e. The van der Waals surface area contributed by atoms with Gasteiger partial charge >= 0.3 is 0 Å². The Morgan fingerprint density at radius 1 is 1.11 bits per heavy atom. The quantitative estimate of drug-likeness (QED) is 0.380. The Kier molecular flexibility index (Phi) is 1.08. The van der Waals surface area contributed by atoms with Crippen LogP contribution in [-0.4, -0.2) is 21.9 Å². The fraction of sp³-hybridized carbons (Fsp3) is 1.00. The van der Waals surface area contributed by atoms with Crippen LogP contribution in [0.3, 0.4) is 0 Å². The van der Waals surface area contributed by atoms with Crippen LogP contribution in [0.25, 0.3) is 0 Å². The van der Waals surface area contributed by atoms with E-state index in [0.717, 1.165) is 0 Å². The minimum absolute atomic E-state index is 0.0972. The van der Waals surface area contributed by atoms with E-state index in [1.807, 2.05) is 0 Å². The summed E-state index contributed by atoms with van der Waals surface area (Å²) >= 11 is 0. The average Bonchev–Trinajstić information content (AvgIpc) is 2.39. The Bertz CT molecular complexity index is 149. The number of nitrogens with zero attached hydrogens (tertiary/aromatic N) is 2. The van der Waals surface area contributed by atoms with Crippen LogP contribution in [0.5, 0.6) is 0 Å². The van der Waals surface area contributed by atoms with Crippen molar-refractivity contribution in [2.75, 3.05) is 0 Å². The highest BCUT2D eigenvalue weighted by Crippen LogP contribution is 2.26. The summed E-state index contributed by atoms with van der Waals surface area (Å²) in [6.45, 7) is 0. The lowest BCUT2D eigenvalue weighted by Crippen LogP contribution is -2.12. The highest BCUT2D eigenvalue weighted by atomic mass is 16.6. The summed E-state index contributed by atoms with van der Waals surface area (Å²) in [7, 11) is 0. The first kappa shape index (κ1) is 5.93. The smallest absolute Gasteiger partial charge is 0.264 e. The summed E-state index contributed by atoms with van der Waals surface area (Å²) < 4.78 is 0. The van der Waals surface area contributed by atoms with Gasteiger partial charge in [0.05, 0.1) is 6.42 Å². The van der Waals surface area contributed by atoms with Crippen molar-refractivity contribution in [2.45, 2.75) is 18.5 Å². The van der Waals surface area contributed by atoms with Crippen LogP contribution in [0.15, 0.2) is 0 Å². The lowest BCUT2D eigenvalue weighted by molar-refractivity contribution is -0.558. The summed E-state index contributed by atoms with van der Waals surface area (Å²) in [4.78, 5) is 18.3. The van der Waals surface area contributed by atoms with Gasteiger partial charge in [-0.2, -0.15) is 0 Å². The van der Waals surface area contributed by atoms with E-state index in [2.05, 4.69) is 0 Å². The molecule has 9 heavy (non-hydrogen) atoms. The molecule has 0 unspecified atom stereocenters. The maximum absolute atomic E-state index is 9.78. The molecule has 1 rings (SSSR count). The predicted octanol–water partition coefficient (Wildman–Crippen LogP) is -0.319. The van der Waals surface area contributed by atoms with Crippen LogP contribution in [0.1, 0.15) is 6.42 Å². The number of rotatable bonds is 2. The third kappa shape index (κ3) is 0.956. The normalized spacial score (nSPS) is 31.6. The Morgan fingerprint density at radius 3 is 1.56 bits per heavy atom. The summed E-state index contributed by atoms with van der Waals surface area (Å²) in [5.41, 5.74) is 0. The van der Waals surface area contributed by atoms with Crippen molar-refractivity contribution in [3.63, 3.8) is 0 Å². The highest BCUT2D eigenvalue weighted by Gasteiger charge is 2.59. The first-order valence-corrected chi connectivity index (χ1v) is 2.40. The molecule has 6 heteroatoms. The molecule has 0 saturated heterocycles. The fourth-order valence-electron chi connectivity index (χ4n) is 0.622. The molecule has 1 aliphatic carbocycles. The topological polar surface area (TPSA) is 86.3 Å². The Morgan fingerprint density at radius 2 is 1.44 bits per heavy atom. The van der Waals surface area contributed by atoms with Crippen LogP contribution in [0, 0.1) is 20.2 Å². The van der Waals surface area contributed by atoms with Crippen LogP contribution in [0.2, 0.25) is 0 Å². The molecule has 1 aliphatic rings. The number of nitro groups is 2. The van der Waals surface area contributed by atoms with E-state index in [1.165, 1.54) is 0 Å². The van der Waals surface area contributed by atoms with Crippen molar-refractivity contribution in [3.05, 3.63) is 20.2 Å². The molecule has 50 valence electrons. The van der Waals surface area contributed by atoms with Crippen molar-refractivity contribution in [3.8, 4) is 0 Å². The van der Waals surface area contributed by atoms with Gasteiger partial charge in [-0.15, -0.1) is 0 Å². The standard InChI is InChI=1S/C3H4N2O4/c6-4(7)2-1-3(2)5(8)9/h2-3H,1H2/t2-,3-/m0/s1. The van der Waals surface area contributed by atoms with Gasteiger partial charge in [-0.05, 0) is 0 Å². The second-order valence-electron chi connectivity index (χ2n) is 1.94. The molecular formula is C3H4N2O4. The monoisotopic (exact) mass is 132 g/mol. The van der Waals surface area contributed by atoms with Crippen molar-refractivity contribution in [1.29, 1.82) is 0 Å². The molecular weight excluding hydrogens is 128 g/mol. The van der Waals surface area contributed by atoms with Crippen LogP contribution in [0.4, 0.5) is 0 Å². The van der Waals surface area contributed by atoms with E-state index in [1.54, 1.807) is 0 Å². The number of hydrogen-bond donors (Lipinski definition) is 0. The highest BCUT2D eigenvalue weighted by molar-refractivity contribution is 4.86. The van der Waals surface area contributed by atoms with Gasteiger partial charge in [0.25, 0.3) is 12.1 Å². The molecule has 0 radical (unpaired) electrons. The van der Waals surface area contributed by atoms with E-state index in [4.69, 9.17) is 0 Å². The van der Waals surface area contributed by atoms with E-state index in [9.17, 15) is 20.2 Å². The third-order valence-electron chi connectivity index (χ3n) is 1.27. The van der Waals surface area contributed by atoms with E-state index in [-0.39, 0.29) is 6.42 Å². The summed E-state index contributed by atoms with van der Waals surface area (Å²) in [5, 5.41) is 19.6. The number of hydrogen-bond acceptors (Lipinski definition) is 4. The molecule has 2 atom stereocenters. The van der Waals surface area contributed by atoms with Crippen molar-refractivity contribution in [2.24, 2.45) is 0 Å². The minimum atomic E-state index is -0.917. The maximum atomic E-state index is 9.78. The summed E-state index contributed by atoms with van der Waals surface area (Å²) in [6.07, 6.45) is 0.0972. The summed E-state index contributed by atoms with van der Waals surface area (Å²) in [6, 6.07) is -1.83. The molecule has 0 spiro atoms. The van der Waals surface area contributed by atoms with E-state index >= 15 is 0 Å². The second-order valence-corrected chi connectivity index (χ2v) is 1.94. The molecule has 0 heterocycles. The Labute approximate surface area is 49.8 Å². The second kappa shape index (κ2) is 1.64. The van der Waals surface area contributed by atoms with Crippen molar-refractivity contribution < 1.29 is 9.85 Å². The van der Waals surface area contributed by atoms with Crippen LogP contribution in [-0.2, 0) is 0 Å². The first-order chi connectivity index (χ1) is 4.13. The van der Waals surface area contributed by atoms with Gasteiger partial charge in [0, 0.05) is 9.85 Å². The molecule has 0 aromatic carbocycles. The maximum Gasteiger partial charge on any atom is 0.286 e. The lowest BCUT2D eigenvalue weighted by Gasteiger charge is -1.83. The van der Waals surface area contributed by atoms with Crippen molar-refractivity contribution in [1.82, 2.24) is 0 Å². The van der Waals surface area contributed by atoms with Crippen LogP contribution >= 0.6 is 0 Å². The molecule has 0 amide bonds. The first-order valence-electron chi connectivity index (χ1n) is 2.40. The van der Waals surface area contributed by atoms with Gasteiger partial charge < -0.3 is 0 Å². The molecule has 0 aromatic rings. The fourth-order valence-corrected chi connectivity index (χ4v) is 0.622. The zero-order valence-corrected chi connectivity index (χ0v) is 4.39. The molecule has 1 fully saturated rings. The lowest BCUT2D eigenvalue weighted by atomic mass is 10.7. The van der Waals surface area contributed by atoms with Gasteiger partial charge in [0.2, 0.25) is 0 Å². The zero-order valence-electron chi connectivity index (χ0n) is 4.39. The average molecular weight is 132 g/mol. The van der Waals surface area contributed by atoms with Gasteiger partial charge in [-0.25, -0.2) is 0 Å². The SMILES string of the molecule is O=[N+]([O-])[C@H]1C[C@@H]1[N+](=O)[O-]. The molecule has 0 bridgehead atoms. The van der Waals surface area contributed by atoms with Crippen LogP contribution < -0.4 is 0 Å². The summed E-state index contributed by atoms with van der Waals surface area (Å²) in [5.74, 6) is 0. The molecule has 0 aliphatic heterocycles. The minimum Gasteiger partial charge on any atom is -0.264 e. The molecule has 0 aromatic heterocycles. The van der Waals surface area contributed by atoms with E-state index in [0.29, 0.717) is 0 Å². The molecule has 0 N–H and O–H groups in total. The Hall–Kier alpha value is -1.20. The molecule has 1 saturated carbocycles. The van der Waals surface area contributed by atoms with Gasteiger partial charge in [0.15, 0.2) is 0 Å². The van der Waals surface area contributed by atoms with Gasteiger partial charge in [-0.3, -0.25) is 20.2 Å². The zero-order chi connectivity index (χ0) is 7.02. The van der Waals surface area contributed by atoms with Gasteiger partial charge in [0.1, 0.15) is 0 Å². The molecule has 6 nitrogen and oxygen atoms in total. The predicted molar refractivity (Wildman–Crippen MR) is 26.2 cm³/mol. The third-order valence-corrected chi connectivity index (χ3v) is 1.27.